The first kappa shape index (κ1) is 23.4. The van der Waals surface area contributed by atoms with E-state index in [1.165, 1.54) is 24.3 Å². The van der Waals surface area contributed by atoms with Gasteiger partial charge in [-0.3, -0.25) is 14.3 Å². The summed E-state index contributed by atoms with van der Waals surface area (Å²) >= 11 is 0. The second-order valence-corrected chi connectivity index (χ2v) is 9.92. The lowest BCUT2D eigenvalue weighted by Crippen LogP contribution is -2.24. The number of rotatable bonds is 8. The van der Waals surface area contributed by atoms with E-state index in [1.54, 1.807) is 31.2 Å². The van der Waals surface area contributed by atoms with Gasteiger partial charge in [0.2, 0.25) is 5.91 Å². The highest BCUT2D eigenvalue weighted by Crippen LogP contribution is 2.30. The first-order valence-electron chi connectivity index (χ1n) is 10.8. The van der Waals surface area contributed by atoms with Gasteiger partial charge in [0, 0.05) is 29.4 Å². The van der Waals surface area contributed by atoms with Crippen LogP contribution in [0.3, 0.4) is 0 Å². The molecule has 0 aromatic heterocycles. The predicted octanol–water partition coefficient (Wildman–Crippen LogP) is 4.21. The van der Waals surface area contributed by atoms with Crippen molar-refractivity contribution in [2.75, 3.05) is 10.0 Å². The minimum atomic E-state index is -3.98. The van der Waals surface area contributed by atoms with E-state index in [4.69, 9.17) is 0 Å². The number of amides is 2. The summed E-state index contributed by atoms with van der Waals surface area (Å²) in [6, 6.07) is 16.4. The normalized spacial score (nSPS) is 13.2. The van der Waals surface area contributed by atoms with Crippen molar-refractivity contribution >= 4 is 33.2 Å². The largest absolute Gasteiger partial charge is 0.348 e. The number of nitrogens with one attached hydrogen (secondary N) is 3. The lowest BCUT2D eigenvalue weighted by Gasteiger charge is -2.12. The molecule has 2 amide bonds. The SMILES string of the molecule is Cc1ccc(S(=O)(=O)Nc2ccc(F)cc2)cc1C(=O)NCc1cccc(NC(=O)C2CC2)c1. The van der Waals surface area contributed by atoms with Crippen molar-refractivity contribution < 1.29 is 22.4 Å². The maximum absolute atomic E-state index is 13.1. The van der Waals surface area contributed by atoms with Gasteiger partial charge in [0.25, 0.3) is 15.9 Å². The zero-order chi connectivity index (χ0) is 24.3. The third-order valence-corrected chi connectivity index (χ3v) is 6.84. The van der Waals surface area contributed by atoms with E-state index < -0.39 is 21.7 Å². The maximum atomic E-state index is 13.1. The van der Waals surface area contributed by atoms with Crippen molar-refractivity contribution in [2.24, 2.45) is 5.92 Å². The monoisotopic (exact) mass is 481 g/mol. The fourth-order valence-corrected chi connectivity index (χ4v) is 4.46. The Labute approximate surface area is 197 Å². The summed E-state index contributed by atoms with van der Waals surface area (Å²) in [5.74, 6) is -0.812. The first-order chi connectivity index (χ1) is 16.2. The number of carbonyl (C=O) groups excluding carboxylic acids is 2. The van der Waals surface area contributed by atoms with Gasteiger partial charge in [-0.2, -0.15) is 0 Å². The van der Waals surface area contributed by atoms with Gasteiger partial charge in [0.15, 0.2) is 0 Å². The van der Waals surface area contributed by atoms with Gasteiger partial charge < -0.3 is 10.6 Å². The quantitative estimate of drug-likeness (QED) is 0.448. The minimum Gasteiger partial charge on any atom is -0.348 e. The molecule has 0 unspecified atom stereocenters. The van der Waals surface area contributed by atoms with Crippen LogP contribution in [0.5, 0.6) is 0 Å². The van der Waals surface area contributed by atoms with E-state index in [0.717, 1.165) is 30.5 Å². The zero-order valence-electron chi connectivity index (χ0n) is 18.5. The number of aryl methyl sites for hydroxylation is 1. The van der Waals surface area contributed by atoms with Crippen LogP contribution in [-0.4, -0.2) is 20.2 Å². The van der Waals surface area contributed by atoms with E-state index in [2.05, 4.69) is 15.4 Å². The first-order valence-corrected chi connectivity index (χ1v) is 12.3. The third-order valence-electron chi connectivity index (χ3n) is 5.46. The lowest BCUT2D eigenvalue weighted by atomic mass is 10.1. The summed E-state index contributed by atoms with van der Waals surface area (Å²) in [5, 5.41) is 5.67. The Morgan fingerprint density at radius 2 is 1.71 bits per heavy atom. The van der Waals surface area contributed by atoms with Crippen molar-refractivity contribution in [2.45, 2.75) is 31.2 Å². The second-order valence-electron chi connectivity index (χ2n) is 8.24. The molecule has 0 bridgehead atoms. The fraction of sp³-hybridized carbons (Fsp3) is 0.200. The number of sulfonamides is 1. The molecular weight excluding hydrogens is 457 g/mol. The van der Waals surface area contributed by atoms with Gasteiger partial charge in [-0.1, -0.05) is 18.2 Å². The summed E-state index contributed by atoms with van der Waals surface area (Å²) < 4.78 is 41.0. The standard InChI is InChI=1S/C25H24FN3O4S/c1-16-5-12-22(34(32,33)29-20-10-8-19(26)9-11-20)14-23(16)25(31)27-15-17-3-2-4-21(13-17)28-24(30)18-6-7-18/h2-5,8-14,18,29H,6-7,15H2,1H3,(H,27,31)(H,28,30). The molecule has 4 rings (SSSR count). The number of halogens is 1. The molecule has 1 saturated carbocycles. The predicted molar refractivity (Wildman–Crippen MR) is 127 cm³/mol. The van der Waals surface area contributed by atoms with Crippen LogP contribution >= 0.6 is 0 Å². The lowest BCUT2D eigenvalue weighted by molar-refractivity contribution is -0.117. The van der Waals surface area contributed by atoms with Crippen LogP contribution in [-0.2, 0) is 21.4 Å². The molecule has 1 fully saturated rings. The molecule has 1 aliphatic carbocycles. The number of carbonyl (C=O) groups is 2. The number of benzene rings is 3. The van der Waals surface area contributed by atoms with E-state index >= 15 is 0 Å². The van der Waals surface area contributed by atoms with Gasteiger partial charge in [-0.15, -0.1) is 0 Å². The molecule has 1 aliphatic rings. The van der Waals surface area contributed by atoms with Crippen LogP contribution in [0.4, 0.5) is 15.8 Å². The average Bonchev–Trinajstić information content (AvgIpc) is 3.65. The van der Waals surface area contributed by atoms with E-state index in [0.29, 0.717) is 11.3 Å². The van der Waals surface area contributed by atoms with Gasteiger partial charge in [-0.05, 0) is 79.4 Å². The van der Waals surface area contributed by atoms with Crippen molar-refractivity contribution in [3.05, 3.63) is 89.2 Å². The van der Waals surface area contributed by atoms with E-state index in [9.17, 15) is 22.4 Å². The van der Waals surface area contributed by atoms with Crippen LogP contribution < -0.4 is 15.4 Å². The Morgan fingerprint density at radius 3 is 2.41 bits per heavy atom. The van der Waals surface area contributed by atoms with Crippen LogP contribution in [0.25, 0.3) is 0 Å². The molecular formula is C25H24FN3O4S. The molecule has 3 N–H and O–H groups in total. The summed E-state index contributed by atoms with van der Waals surface area (Å²) in [4.78, 5) is 24.7. The fourth-order valence-electron chi connectivity index (χ4n) is 3.37. The average molecular weight is 482 g/mol. The van der Waals surface area contributed by atoms with Gasteiger partial charge >= 0.3 is 0 Å². The third kappa shape index (κ3) is 5.79. The Balaban J connectivity index is 1.44. The molecule has 3 aromatic rings. The van der Waals surface area contributed by atoms with Gasteiger partial charge in [-0.25, -0.2) is 12.8 Å². The topological polar surface area (TPSA) is 104 Å². The Morgan fingerprint density at radius 1 is 0.971 bits per heavy atom. The van der Waals surface area contributed by atoms with Gasteiger partial charge in [0.1, 0.15) is 5.82 Å². The molecule has 7 nitrogen and oxygen atoms in total. The molecule has 0 heterocycles. The zero-order valence-corrected chi connectivity index (χ0v) is 19.3. The highest BCUT2D eigenvalue weighted by atomic mass is 32.2. The van der Waals surface area contributed by atoms with Crippen LogP contribution in [0.15, 0.2) is 71.6 Å². The summed E-state index contributed by atoms with van der Waals surface area (Å²) in [5.41, 5.74) is 2.51. The second kappa shape index (κ2) is 9.64. The van der Waals surface area contributed by atoms with Gasteiger partial charge in [0.05, 0.1) is 4.90 Å². The number of anilines is 2. The van der Waals surface area contributed by atoms with Crippen LogP contribution in [0.1, 0.15) is 34.3 Å². The minimum absolute atomic E-state index is 0.00378. The highest BCUT2D eigenvalue weighted by molar-refractivity contribution is 7.92. The molecule has 0 atom stereocenters. The van der Waals surface area contributed by atoms with Crippen molar-refractivity contribution in [3.8, 4) is 0 Å². The summed E-state index contributed by atoms with van der Waals surface area (Å²) in [6.45, 7) is 1.92. The summed E-state index contributed by atoms with van der Waals surface area (Å²) in [7, 11) is -3.98. The molecule has 176 valence electrons. The van der Waals surface area contributed by atoms with Crippen molar-refractivity contribution in [1.29, 1.82) is 0 Å². The maximum Gasteiger partial charge on any atom is 0.261 e. The Bertz CT molecular complexity index is 1340. The summed E-state index contributed by atoms with van der Waals surface area (Å²) in [6.07, 6.45) is 1.82. The molecule has 0 spiro atoms. The van der Waals surface area contributed by atoms with E-state index in [-0.39, 0.29) is 34.5 Å². The van der Waals surface area contributed by atoms with Crippen molar-refractivity contribution in [3.63, 3.8) is 0 Å². The molecule has 0 radical (unpaired) electrons. The van der Waals surface area contributed by atoms with Crippen LogP contribution in [0.2, 0.25) is 0 Å². The molecule has 0 saturated heterocycles. The molecule has 0 aliphatic heterocycles. The van der Waals surface area contributed by atoms with Crippen LogP contribution in [0, 0.1) is 18.7 Å². The Kier molecular flexibility index (Phi) is 6.65. The highest BCUT2D eigenvalue weighted by Gasteiger charge is 2.29. The molecule has 3 aromatic carbocycles. The number of hydrogen-bond acceptors (Lipinski definition) is 4. The number of hydrogen-bond donors (Lipinski definition) is 3. The molecule has 34 heavy (non-hydrogen) atoms. The smallest absolute Gasteiger partial charge is 0.261 e. The Hall–Kier alpha value is -3.72. The molecule has 9 heteroatoms. The van der Waals surface area contributed by atoms with Crippen molar-refractivity contribution in [1.82, 2.24) is 5.32 Å². The van der Waals surface area contributed by atoms with E-state index in [1.807, 2.05) is 6.07 Å².